The molecule has 30 heavy (non-hydrogen) atoms. The van der Waals surface area contributed by atoms with Crippen LogP contribution in [-0.4, -0.2) is 18.2 Å². The van der Waals surface area contributed by atoms with Gasteiger partial charge in [-0.3, -0.25) is 4.79 Å². The number of hydrogen-bond acceptors (Lipinski definition) is 4. The van der Waals surface area contributed by atoms with Gasteiger partial charge in [0.15, 0.2) is 6.61 Å². The average molecular weight is 400 g/mol. The summed E-state index contributed by atoms with van der Waals surface area (Å²) >= 11 is 0. The number of hydrazone groups is 1. The summed E-state index contributed by atoms with van der Waals surface area (Å²) in [5.41, 5.74) is 5.34. The third-order valence-electron chi connectivity index (χ3n) is 4.12. The topological polar surface area (TPSA) is 59.9 Å². The normalized spacial score (nSPS) is 11.3. The number of rotatable bonds is 9. The summed E-state index contributed by atoms with van der Waals surface area (Å²) in [6.45, 7) is 2.19. The van der Waals surface area contributed by atoms with E-state index in [1.165, 1.54) is 0 Å². The van der Waals surface area contributed by atoms with E-state index < -0.39 is 0 Å². The molecular formula is C25H24N2O3. The molecule has 0 aliphatic carbocycles. The van der Waals surface area contributed by atoms with Gasteiger partial charge in [0.1, 0.15) is 18.1 Å². The van der Waals surface area contributed by atoms with Crippen molar-refractivity contribution >= 4 is 17.7 Å². The number of amides is 1. The summed E-state index contributed by atoms with van der Waals surface area (Å²) < 4.78 is 11.2. The largest absolute Gasteiger partial charge is 0.489 e. The first kappa shape index (κ1) is 20.9. The molecule has 0 aliphatic heterocycles. The first-order chi connectivity index (χ1) is 14.7. The number of carbonyl (C=O) groups is 1. The van der Waals surface area contributed by atoms with Crippen LogP contribution in [0.15, 0.2) is 96.1 Å². The van der Waals surface area contributed by atoms with Crippen molar-refractivity contribution in [2.45, 2.75) is 13.5 Å². The van der Waals surface area contributed by atoms with Crippen LogP contribution in [0.4, 0.5) is 0 Å². The highest BCUT2D eigenvalue weighted by atomic mass is 16.5. The molecule has 0 spiro atoms. The summed E-state index contributed by atoms with van der Waals surface area (Å²) in [7, 11) is 0. The number of allylic oxidation sites excluding steroid dienone is 1. The molecule has 5 heteroatoms. The lowest BCUT2D eigenvalue weighted by Gasteiger charge is -2.08. The maximum absolute atomic E-state index is 11.9. The highest BCUT2D eigenvalue weighted by molar-refractivity contribution is 5.97. The van der Waals surface area contributed by atoms with Crippen LogP contribution in [0.2, 0.25) is 0 Å². The maximum Gasteiger partial charge on any atom is 0.277 e. The Morgan fingerprint density at radius 1 is 0.867 bits per heavy atom. The van der Waals surface area contributed by atoms with Gasteiger partial charge in [-0.05, 0) is 48.4 Å². The number of benzene rings is 3. The molecule has 1 N–H and O–H groups in total. The van der Waals surface area contributed by atoms with E-state index in [0.717, 1.165) is 16.9 Å². The molecule has 0 saturated carbocycles. The zero-order valence-electron chi connectivity index (χ0n) is 16.8. The van der Waals surface area contributed by atoms with Crippen LogP contribution < -0.4 is 14.9 Å². The molecule has 0 atom stereocenters. The minimum Gasteiger partial charge on any atom is -0.489 e. The SMILES string of the molecule is CC(C=Cc1ccccc1)=NNC(=O)COc1ccc(OCc2ccccc2)cc1. The molecule has 0 fully saturated rings. The molecular weight excluding hydrogens is 376 g/mol. The lowest BCUT2D eigenvalue weighted by molar-refractivity contribution is -0.123. The van der Waals surface area contributed by atoms with Crippen molar-refractivity contribution in [2.75, 3.05) is 6.61 Å². The Bertz CT molecular complexity index is 982. The Morgan fingerprint density at radius 3 is 2.13 bits per heavy atom. The number of nitrogens with one attached hydrogen (secondary N) is 1. The zero-order chi connectivity index (χ0) is 21.0. The third kappa shape index (κ3) is 7.28. The average Bonchev–Trinajstić information content (AvgIpc) is 2.80. The second-order valence-electron chi connectivity index (χ2n) is 6.57. The van der Waals surface area contributed by atoms with Gasteiger partial charge in [0.25, 0.3) is 5.91 Å². The van der Waals surface area contributed by atoms with Crippen molar-refractivity contribution in [3.63, 3.8) is 0 Å². The van der Waals surface area contributed by atoms with Crippen LogP contribution in [0.3, 0.4) is 0 Å². The monoisotopic (exact) mass is 400 g/mol. The van der Waals surface area contributed by atoms with Gasteiger partial charge >= 0.3 is 0 Å². The molecule has 3 aromatic rings. The van der Waals surface area contributed by atoms with Gasteiger partial charge < -0.3 is 9.47 Å². The van der Waals surface area contributed by atoms with Crippen molar-refractivity contribution in [3.8, 4) is 11.5 Å². The van der Waals surface area contributed by atoms with E-state index in [4.69, 9.17) is 9.47 Å². The summed E-state index contributed by atoms with van der Waals surface area (Å²) in [5, 5.41) is 4.05. The van der Waals surface area contributed by atoms with E-state index in [0.29, 0.717) is 18.1 Å². The van der Waals surface area contributed by atoms with E-state index in [-0.39, 0.29) is 12.5 Å². The fraction of sp³-hybridized carbons (Fsp3) is 0.120. The molecule has 0 aromatic heterocycles. The number of nitrogens with zero attached hydrogens (tertiary/aromatic N) is 1. The second kappa shape index (κ2) is 11.2. The van der Waals surface area contributed by atoms with Crippen LogP contribution in [0, 0.1) is 0 Å². The highest BCUT2D eigenvalue weighted by Crippen LogP contribution is 2.18. The van der Waals surface area contributed by atoms with Crippen LogP contribution in [0.25, 0.3) is 6.08 Å². The Morgan fingerprint density at radius 2 is 1.47 bits per heavy atom. The molecule has 0 saturated heterocycles. The van der Waals surface area contributed by atoms with E-state index in [1.807, 2.05) is 91.9 Å². The molecule has 1 amide bonds. The minimum absolute atomic E-state index is 0.122. The van der Waals surface area contributed by atoms with Crippen molar-refractivity contribution in [1.29, 1.82) is 0 Å². The zero-order valence-corrected chi connectivity index (χ0v) is 16.8. The lowest BCUT2D eigenvalue weighted by Crippen LogP contribution is -2.25. The van der Waals surface area contributed by atoms with Crippen molar-refractivity contribution in [2.24, 2.45) is 5.10 Å². The molecule has 0 aliphatic rings. The smallest absolute Gasteiger partial charge is 0.277 e. The molecule has 0 radical (unpaired) electrons. The lowest BCUT2D eigenvalue weighted by atomic mass is 10.2. The van der Waals surface area contributed by atoms with Crippen molar-refractivity contribution in [3.05, 3.63) is 102 Å². The molecule has 0 heterocycles. The van der Waals surface area contributed by atoms with Gasteiger partial charge in [-0.25, -0.2) is 5.43 Å². The van der Waals surface area contributed by atoms with Gasteiger partial charge in [-0.2, -0.15) is 5.10 Å². The Labute approximate surface area is 176 Å². The van der Waals surface area contributed by atoms with Gasteiger partial charge in [-0.1, -0.05) is 66.7 Å². The number of carbonyl (C=O) groups excluding carboxylic acids is 1. The molecule has 152 valence electrons. The Hall–Kier alpha value is -3.86. The van der Waals surface area contributed by atoms with Crippen LogP contribution in [0.5, 0.6) is 11.5 Å². The third-order valence-corrected chi connectivity index (χ3v) is 4.12. The first-order valence-corrected chi connectivity index (χ1v) is 9.65. The number of ether oxygens (including phenoxy) is 2. The molecule has 5 nitrogen and oxygen atoms in total. The predicted octanol–water partition coefficient (Wildman–Crippen LogP) is 4.85. The van der Waals surface area contributed by atoms with Gasteiger partial charge in [-0.15, -0.1) is 0 Å². The van der Waals surface area contributed by atoms with E-state index in [1.54, 1.807) is 12.1 Å². The van der Waals surface area contributed by atoms with Crippen molar-refractivity contribution in [1.82, 2.24) is 5.43 Å². The highest BCUT2D eigenvalue weighted by Gasteiger charge is 2.03. The molecule has 0 unspecified atom stereocenters. The predicted molar refractivity (Wildman–Crippen MR) is 119 cm³/mol. The Kier molecular flexibility index (Phi) is 7.80. The standard InChI is InChI=1S/C25H24N2O3/c1-20(12-13-21-8-4-2-5-9-21)26-27-25(28)19-30-24-16-14-23(15-17-24)29-18-22-10-6-3-7-11-22/h2-17H,18-19H2,1H3,(H,27,28). The molecule has 3 rings (SSSR count). The fourth-order valence-electron chi connectivity index (χ4n) is 2.52. The molecule has 0 bridgehead atoms. The van der Waals surface area contributed by atoms with Crippen LogP contribution >= 0.6 is 0 Å². The van der Waals surface area contributed by atoms with E-state index >= 15 is 0 Å². The summed E-state index contributed by atoms with van der Waals surface area (Å²) in [6, 6.07) is 27.0. The quantitative estimate of drug-likeness (QED) is 0.413. The summed E-state index contributed by atoms with van der Waals surface area (Å²) in [5.74, 6) is 0.995. The number of hydrogen-bond donors (Lipinski definition) is 1. The van der Waals surface area contributed by atoms with Crippen LogP contribution in [0.1, 0.15) is 18.1 Å². The first-order valence-electron chi connectivity index (χ1n) is 9.65. The maximum atomic E-state index is 11.9. The van der Waals surface area contributed by atoms with E-state index in [9.17, 15) is 4.79 Å². The van der Waals surface area contributed by atoms with E-state index in [2.05, 4.69) is 10.5 Å². The summed E-state index contributed by atoms with van der Waals surface area (Å²) in [4.78, 5) is 11.9. The minimum atomic E-state index is -0.327. The van der Waals surface area contributed by atoms with Gasteiger partial charge in [0.2, 0.25) is 0 Å². The van der Waals surface area contributed by atoms with Gasteiger partial charge in [0, 0.05) is 0 Å². The van der Waals surface area contributed by atoms with Crippen LogP contribution in [-0.2, 0) is 11.4 Å². The fourth-order valence-corrected chi connectivity index (χ4v) is 2.52. The Balaban J connectivity index is 1.40. The van der Waals surface area contributed by atoms with Gasteiger partial charge in [0.05, 0.1) is 5.71 Å². The van der Waals surface area contributed by atoms with Crippen molar-refractivity contribution < 1.29 is 14.3 Å². The second-order valence-corrected chi connectivity index (χ2v) is 6.57. The molecule has 3 aromatic carbocycles. The summed E-state index contributed by atoms with van der Waals surface area (Å²) in [6.07, 6.45) is 3.77.